The molecule has 3 nitrogen and oxygen atoms in total. The molecule has 3 aromatic rings. The first-order valence-corrected chi connectivity index (χ1v) is 6.16. The van der Waals surface area contributed by atoms with Gasteiger partial charge in [0.2, 0.25) is 0 Å². The number of methoxy groups -OCH3 is 1. The van der Waals surface area contributed by atoms with Gasteiger partial charge in [-0.1, -0.05) is 18.2 Å². The van der Waals surface area contributed by atoms with Gasteiger partial charge in [-0.2, -0.15) is 0 Å². The number of fused-ring (bicyclic) bond motifs is 1. The lowest BCUT2D eigenvalue weighted by Crippen LogP contribution is -1.86. The zero-order valence-corrected chi connectivity index (χ0v) is 10.9. The third-order valence-electron chi connectivity index (χ3n) is 3.15. The number of ether oxygens (including phenoxy) is 2. The Morgan fingerprint density at radius 1 is 1.00 bits per heavy atom. The highest BCUT2D eigenvalue weighted by Crippen LogP contribution is 2.33. The summed E-state index contributed by atoms with van der Waals surface area (Å²) in [5.74, 6) is 2.39. The van der Waals surface area contributed by atoms with E-state index < -0.39 is 0 Å². The number of aromatic amines is 1. The second-order valence-corrected chi connectivity index (χ2v) is 4.43. The van der Waals surface area contributed by atoms with E-state index >= 15 is 0 Å². The summed E-state index contributed by atoms with van der Waals surface area (Å²) in [7, 11) is 1.65. The van der Waals surface area contributed by atoms with E-state index in [4.69, 9.17) is 9.47 Å². The molecule has 0 atom stereocenters. The Labute approximate surface area is 111 Å². The third kappa shape index (κ3) is 2.15. The molecule has 2 aromatic carbocycles. The van der Waals surface area contributed by atoms with Crippen molar-refractivity contribution in [2.24, 2.45) is 0 Å². The highest BCUT2D eigenvalue weighted by atomic mass is 16.5. The maximum absolute atomic E-state index is 5.94. The summed E-state index contributed by atoms with van der Waals surface area (Å²) in [6.45, 7) is 2.08. The van der Waals surface area contributed by atoms with Crippen molar-refractivity contribution in [3.63, 3.8) is 0 Å². The first-order chi connectivity index (χ1) is 9.28. The van der Waals surface area contributed by atoms with Gasteiger partial charge in [0.05, 0.1) is 7.11 Å². The lowest BCUT2D eigenvalue weighted by Gasteiger charge is -2.07. The van der Waals surface area contributed by atoms with Crippen molar-refractivity contribution in [1.29, 1.82) is 0 Å². The smallest absolute Gasteiger partial charge is 0.152 e. The van der Waals surface area contributed by atoms with Gasteiger partial charge >= 0.3 is 0 Å². The van der Waals surface area contributed by atoms with Gasteiger partial charge in [0.25, 0.3) is 0 Å². The maximum Gasteiger partial charge on any atom is 0.152 e. The fourth-order valence-electron chi connectivity index (χ4n) is 2.20. The number of H-pyrrole nitrogens is 1. The lowest BCUT2D eigenvalue weighted by molar-refractivity contribution is 0.409. The van der Waals surface area contributed by atoms with Crippen LogP contribution in [-0.4, -0.2) is 12.1 Å². The molecule has 0 radical (unpaired) electrons. The number of hydrogen-bond acceptors (Lipinski definition) is 2. The molecule has 1 aromatic heterocycles. The summed E-state index contributed by atoms with van der Waals surface area (Å²) in [5.41, 5.74) is 2.27. The molecule has 0 saturated carbocycles. The van der Waals surface area contributed by atoms with Crippen molar-refractivity contribution >= 4 is 10.9 Å². The van der Waals surface area contributed by atoms with Crippen LogP contribution in [-0.2, 0) is 0 Å². The van der Waals surface area contributed by atoms with Crippen molar-refractivity contribution in [2.45, 2.75) is 6.92 Å². The van der Waals surface area contributed by atoms with E-state index in [9.17, 15) is 0 Å². The Bertz CT molecular complexity index is 716. The number of hydrogen-bond donors (Lipinski definition) is 1. The number of aryl methyl sites for hydroxylation is 1. The predicted octanol–water partition coefficient (Wildman–Crippen LogP) is 4.28. The van der Waals surface area contributed by atoms with Crippen LogP contribution in [0.2, 0.25) is 0 Å². The molecular formula is C16H15NO2. The normalized spacial score (nSPS) is 10.6. The molecule has 0 aliphatic rings. The lowest BCUT2D eigenvalue weighted by atomic mass is 10.1. The van der Waals surface area contributed by atoms with E-state index in [2.05, 4.69) is 18.0 Å². The Morgan fingerprint density at radius 2 is 1.79 bits per heavy atom. The topological polar surface area (TPSA) is 34.2 Å². The van der Waals surface area contributed by atoms with Gasteiger partial charge in [-0.25, -0.2) is 0 Å². The highest BCUT2D eigenvalue weighted by molar-refractivity contribution is 5.89. The minimum atomic E-state index is 0.767. The maximum atomic E-state index is 5.94. The van der Waals surface area contributed by atoms with Crippen LogP contribution in [0.3, 0.4) is 0 Å². The van der Waals surface area contributed by atoms with Gasteiger partial charge in [-0.3, -0.25) is 0 Å². The molecule has 96 valence electrons. The molecule has 0 aliphatic carbocycles. The molecule has 3 heteroatoms. The molecule has 1 N–H and O–H groups in total. The number of aromatic nitrogens is 1. The molecular weight excluding hydrogens is 238 g/mol. The van der Waals surface area contributed by atoms with Crippen LogP contribution in [0, 0.1) is 6.92 Å². The standard InChI is InChI=1S/C16H15NO2/c1-11-5-3-8-14-16(11)15(10-17-14)19-13-7-4-6-12(9-13)18-2/h3-10,17H,1-2H3. The van der Waals surface area contributed by atoms with Gasteiger partial charge in [0.15, 0.2) is 5.75 Å². The summed E-state index contributed by atoms with van der Waals surface area (Å²) in [4.78, 5) is 3.22. The summed E-state index contributed by atoms with van der Waals surface area (Å²) in [5, 5.41) is 1.12. The second kappa shape index (κ2) is 4.69. The van der Waals surface area contributed by atoms with Crippen LogP contribution < -0.4 is 9.47 Å². The van der Waals surface area contributed by atoms with Crippen LogP contribution in [0.5, 0.6) is 17.2 Å². The fourth-order valence-corrected chi connectivity index (χ4v) is 2.20. The fraction of sp³-hybridized carbons (Fsp3) is 0.125. The molecule has 0 fully saturated rings. The van der Waals surface area contributed by atoms with Crippen LogP contribution in [0.15, 0.2) is 48.7 Å². The zero-order chi connectivity index (χ0) is 13.2. The molecule has 3 rings (SSSR count). The summed E-state index contributed by atoms with van der Waals surface area (Å²) in [6.07, 6.45) is 1.89. The molecule has 1 heterocycles. The predicted molar refractivity (Wildman–Crippen MR) is 76.1 cm³/mol. The first kappa shape index (κ1) is 11.7. The van der Waals surface area contributed by atoms with Crippen molar-refractivity contribution in [2.75, 3.05) is 7.11 Å². The Balaban J connectivity index is 2.01. The highest BCUT2D eigenvalue weighted by Gasteiger charge is 2.08. The van der Waals surface area contributed by atoms with Crippen LogP contribution in [0.1, 0.15) is 5.56 Å². The molecule has 19 heavy (non-hydrogen) atoms. The third-order valence-corrected chi connectivity index (χ3v) is 3.15. The van der Waals surface area contributed by atoms with E-state index in [-0.39, 0.29) is 0 Å². The summed E-state index contributed by atoms with van der Waals surface area (Å²) in [6, 6.07) is 13.7. The molecule has 0 spiro atoms. The molecule has 0 unspecified atom stereocenters. The van der Waals surface area contributed by atoms with Gasteiger partial charge in [0.1, 0.15) is 11.5 Å². The average molecular weight is 253 g/mol. The zero-order valence-electron chi connectivity index (χ0n) is 10.9. The number of benzene rings is 2. The van der Waals surface area contributed by atoms with Crippen LogP contribution in [0.25, 0.3) is 10.9 Å². The van der Waals surface area contributed by atoms with Crippen LogP contribution >= 0.6 is 0 Å². The first-order valence-electron chi connectivity index (χ1n) is 6.16. The summed E-state index contributed by atoms with van der Waals surface area (Å²) < 4.78 is 11.1. The quantitative estimate of drug-likeness (QED) is 0.756. The number of nitrogens with one attached hydrogen (secondary N) is 1. The van der Waals surface area contributed by atoms with E-state index in [0.29, 0.717) is 0 Å². The van der Waals surface area contributed by atoms with Gasteiger partial charge in [-0.05, 0) is 30.7 Å². The van der Waals surface area contributed by atoms with E-state index in [0.717, 1.165) is 28.2 Å². The van der Waals surface area contributed by atoms with Crippen molar-refractivity contribution in [3.05, 3.63) is 54.2 Å². The molecule has 0 saturated heterocycles. The van der Waals surface area contributed by atoms with E-state index in [1.165, 1.54) is 5.56 Å². The monoisotopic (exact) mass is 253 g/mol. The minimum absolute atomic E-state index is 0.767. The van der Waals surface area contributed by atoms with Crippen LogP contribution in [0.4, 0.5) is 0 Å². The Hall–Kier alpha value is -2.42. The van der Waals surface area contributed by atoms with Crippen molar-refractivity contribution in [1.82, 2.24) is 4.98 Å². The van der Waals surface area contributed by atoms with Gasteiger partial charge < -0.3 is 14.5 Å². The largest absolute Gasteiger partial charge is 0.497 e. The van der Waals surface area contributed by atoms with Crippen molar-refractivity contribution < 1.29 is 9.47 Å². The molecule has 0 bridgehead atoms. The van der Waals surface area contributed by atoms with E-state index in [1.54, 1.807) is 7.11 Å². The second-order valence-electron chi connectivity index (χ2n) is 4.43. The molecule has 0 aliphatic heterocycles. The molecule has 0 amide bonds. The van der Waals surface area contributed by atoms with Gasteiger partial charge in [-0.15, -0.1) is 0 Å². The minimum Gasteiger partial charge on any atom is -0.497 e. The van der Waals surface area contributed by atoms with E-state index in [1.807, 2.05) is 42.6 Å². The van der Waals surface area contributed by atoms with Gasteiger partial charge in [0, 0.05) is 23.2 Å². The summed E-state index contributed by atoms with van der Waals surface area (Å²) >= 11 is 0. The van der Waals surface area contributed by atoms with Crippen molar-refractivity contribution in [3.8, 4) is 17.2 Å². The number of rotatable bonds is 3. The average Bonchev–Trinajstić information content (AvgIpc) is 2.84. The Kier molecular flexibility index (Phi) is 2.88. The Morgan fingerprint density at radius 3 is 2.63 bits per heavy atom. The SMILES string of the molecule is COc1cccc(Oc2c[nH]c3cccc(C)c23)c1.